The molecule has 1 N–H and O–H groups in total. The van der Waals surface area contributed by atoms with Gasteiger partial charge in [0.25, 0.3) is 0 Å². The third kappa shape index (κ3) is 5.90. The van der Waals surface area contributed by atoms with Crippen LogP contribution in [0.2, 0.25) is 0 Å². The van der Waals surface area contributed by atoms with Crippen LogP contribution in [0.5, 0.6) is 11.5 Å². The fourth-order valence-corrected chi connectivity index (χ4v) is 3.63. The lowest BCUT2D eigenvalue weighted by atomic mass is 10.1. The van der Waals surface area contributed by atoms with Crippen LogP contribution < -0.4 is 14.8 Å². The standard InChI is InChI=1S/C20H30N6O3/c1-28-17-9-7-8-16(20(17)29-2)10-11-21-19(27)15-26-18(22-23-24-26)14-25-12-5-3-4-6-13-25/h7-9H,3-6,10-15H2,1-2H3,(H,21,27). The molecule has 1 fully saturated rings. The molecule has 1 amide bonds. The van der Waals surface area contributed by atoms with E-state index in [2.05, 4.69) is 25.7 Å². The number of carbonyl (C=O) groups excluding carboxylic acids is 1. The van der Waals surface area contributed by atoms with E-state index >= 15 is 0 Å². The van der Waals surface area contributed by atoms with Crippen LogP contribution in [-0.2, 0) is 24.3 Å². The zero-order chi connectivity index (χ0) is 20.5. The third-order valence-electron chi connectivity index (χ3n) is 5.16. The number of nitrogens with zero attached hydrogens (tertiary/aromatic N) is 5. The molecule has 0 aliphatic carbocycles. The first-order valence-electron chi connectivity index (χ1n) is 10.1. The number of para-hydroxylation sites is 1. The third-order valence-corrected chi connectivity index (χ3v) is 5.16. The Balaban J connectivity index is 1.50. The molecule has 0 unspecified atom stereocenters. The Morgan fingerprint density at radius 3 is 2.66 bits per heavy atom. The lowest BCUT2D eigenvalue weighted by molar-refractivity contribution is -0.121. The topological polar surface area (TPSA) is 94.4 Å². The summed E-state index contributed by atoms with van der Waals surface area (Å²) in [4.78, 5) is 14.7. The highest BCUT2D eigenvalue weighted by molar-refractivity contribution is 5.75. The second-order valence-electron chi connectivity index (χ2n) is 7.20. The number of hydrogen-bond donors (Lipinski definition) is 1. The molecule has 2 heterocycles. The molecule has 0 spiro atoms. The second kappa shape index (κ2) is 10.8. The van der Waals surface area contributed by atoms with Crippen molar-refractivity contribution in [1.82, 2.24) is 30.4 Å². The van der Waals surface area contributed by atoms with Crippen LogP contribution in [0.3, 0.4) is 0 Å². The first-order valence-corrected chi connectivity index (χ1v) is 10.1. The molecule has 0 atom stereocenters. The van der Waals surface area contributed by atoms with Gasteiger partial charge in [-0.1, -0.05) is 25.0 Å². The maximum atomic E-state index is 12.4. The summed E-state index contributed by atoms with van der Waals surface area (Å²) in [5.74, 6) is 2.00. The van der Waals surface area contributed by atoms with Crippen molar-refractivity contribution >= 4 is 5.91 Å². The lowest BCUT2D eigenvalue weighted by Gasteiger charge is -2.18. The molecule has 158 valence electrons. The molecule has 1 aromatic heterocycles. The highest BCUT2D eigenvalue weighted by Gasteiger charge is 2.16. The van der Waals surface area contributed by atoms with Crippen molar-refractivity contribution in [2.45, 2.75) is 45.2 Å². The summed E-state index contributed by atoms with van der Waals surface area (Å²) in [6, 6.07) is 5.73. The smallest absolute Gasteiger partial charge is 0.241 e. The van der Waals surface area contributed by atoms with Crippen LogP contribution in [0.25, 0.3) is 0 Å². The van der Waals surface area contributed by atoms with Crippen molar-refractivity contribution in [1.29, 1.82) is 0 Å². The minimum absolute atomic E-state index is 0.115. The van der Waals surface area contributed by atoms with Crippen LogP contribution in [0.4, 0.5) is 0 Å². The second-order valence-corrected chi connectivity index (χ2v) is 7.20. The van der Waals surface area contributed by atoms with Gasteiger partial charge < -0.3 is 14.8 Å². The molecule has 9 heteroatoms. The largest absolute Gasteiger partial charge is 0.493 e. The number of benzene rings is 1. The summed E-state index contributed by atoms with van der Waals surface area (Å²) in [6.45, 7) is 3.40. The van der Waals surface area contributed by atoms with Crippen LogP contribution >= 0.6 is 0 Å². The average molecular weight is 402 g/mol. The van der Waals surface area contributed by atoms with Crippen molar-refractivity contribution in [3.05, 3.63) is 29.6 Å². The Kier molecular flexibility index (Phi) is 7.80. The summed E-state index contributed by atoms with van der Waals surface area (Å²) in [5, 5.41) is 14.8. The van der Waals surface area contributed by atoms with E-state index in [1.54, 1.807) is 18.9 Å². The maximum absolute atomic E-state index is 12.4. The zero-order valence-corrected chi connectivity index (χ0v) is 17.3. The monoisotopic (exact) mass is 402 g/mol. The number of carbonyl (C=O) groups is 1. The average Bonchev–Trinajstić information content (AvgIpc) is 2.99. The van der Waals surface area contributed by atoms with Gasteiger partial charge in [0.2, 0.25) is 5.91 Å². The SMILES string of the molecule is COc1cccc(CCNC(=O)Cn2nnnc2CN2CCCCCC2)c1OC. The lowest BCUT2D eigenvalue weighted by Crippen LogP contribution is -2.32. The molecule has 1 aliphatic rings. The number of methoxy groups -OCH3 is 2. The zero-order valence-electron chi connectivity index (χ0n) is 17.3. The summed E-state index contributed by atoms with van der Waals surface area (Å²) < 4.78 is 12.3. The van der Waals surface area contributed by atoms with Crippen LogP contribution in [0.1, 0.15) is 37.1 Å². The van der Waals surface area contributed by atoms with Gasteiger partial charge in [-0.25, -0.2) is 4.68 Å². The van der Waals surface area contributed by atoms with Crippen LogP contribution in [-0.4, -0.2) is 64.9 Å². The number of hydrogen-bond acceptors (Lipinski definition) is 7. The molecule has 0 bridgehead atoms. The predicted octanol–water partition coefficient (Wildman–Crippen LogP) is 1.43. The van der Waals surface area contributed by atoms with Crippen molar-refractivity contribution in [3.63, 3.8) is 0 Å². The first kappa shape index (κ1) is 21.0. The van der Waals surface area contributed by atoms with E-state index < -0.39 is 0 Å². The number of nitrogens with one attached hydrogen (secondary N) is 1. The van der Waals surface area contributed by atoms with E-state index in [9.17, 15) is 4.79 Å². The van der Waals surface area contributed by atoms with Crippen LogP contribution in [0, 0.1) is 0 Å². The van der Waals surface area contributed by atoms with Crippen molar-refractivity contribution in [2.75, 3.05) is 33.9 Å². The molecule has 0 radical (unpaired) electrons. The number of likely N-dealkylation sites (tertiary alicyclic amines) is 1. The minimum Gasteiger partial charge on any atom is -0.493 e. The predicted molar refractivity (Wildman–Crippen MR) is 108 cm³/mol. The summed E-state index contributed by atoms with van der Waals surface area (Å²) in [5.41, 5.74) is 0.983. The van der Waals surface area contributed by atoms with E-state index in [1.807, 2.05) is 18.2 Å². The molecule has 1 aromatic carbocycles. The van der Waals surface area contributed by atoms with E-state index in [1.165, 1.54) is 25.7 Å². The molecule has 9 nitrogen and oxygen atoms in total. The van der Waals surface area contributed by atoms with Gasteiger partial charge in [-0.05, 0) is 54.4 Å². The van der Waals surface area contributed by atoms with E-state index in [-0.39, 0.29) is 12.5 Å². The fourth-order valence-electron chi connectivity index (χ4n) is 3.63. The normalized spacial score (nSPS) is 15.0. The Labute approximate surface area is 171 Å². The van der Waals surface area contributed by atoms with Crippen molar-refractivity contribution in [3.8, 4) is 11.5 Å². The molecular weight excluding hydrogens is 372 g/mol. The minimum atomic E-state index is -0.115. The number of ether oxygens (including phenoxy) is 2. The van der Waals surface area contributed by atoms with Gasteiger partial charge in [0.15, 0.2) is 17.3 Å². The Morgan fingerprint density at radius 1 is 1.14 bits per heavy atom. The Bertz CT molecular complexity index is 786. The van der Waals surface area contributed by atoms with E-state index in [0.29, 0.717) is 31.0 Å². The molecule has 2 aromatic rings. The molecular formula is C20H30N6O3. The molecule has 29 heavy (non-hydrogen) atoms. The maximum Gasteiger partial charge on any atom is 0.241 e. The fraction of sp³-hybridized carbons (Fsp3) is 0.600. The number of rotatable bonds is 9. The summed E-state index contributed by atoms with van der Waals surface area (Å²) in [7, 11) is 3.22. The molecule has 1 saturated heterocycles. The number of amides is 1. The van der Waals surface area contributed by atoms with Crippen molar-refractivity contribution < 1.29 is 14.3 Å². The highest BCUT2D eigenvalue weighted by atomic mass is 16.5. The van der Waals surface area contributed by atoms with Gasteiger partial charge in [0.05, 0.1) is 20.8 Å². The van der Waals surface area contributed by atoms with Gasteiger partial charge >= 0.3 is 0 Å². The molecule has 3 rings (SSSR count). The first-order chi connectivity index (χ1) is 14.2. The van der Waals surface area contributed by atoms with Gasteiger partial charge in [0, 0.05) is 6.54 Å². The summed E-state index contributed by atoms with van der Waals surface area (Å²) >= 11 is 0. The van der Waals surface area contributed by atoms with Gasteiger partial charge in [-0.2, -0.15) is 0 Å². The highest BCUT2D eigenvalue weighted by Crippen LogP contribution is 2.30. The Morgan fingerprint density at radius 2 is 1.93 bits per heavy atom. The quantitative estimate of drug-likeness (QED) is 0.678. The van der Waals surface area contributed by atoms with E-state index in [4.69, 9.17) is 9.47 Å². The van der Waals surface area contributed by atoms with Gasteiger partial charge in [0.1, 0.15) is 6.54 Å². The van der Waals surface area contributed by atoms with Crippen molar-refractivity contribution in [2.24, 2.45) is 0 Å². The number of tetrazole rings is 1. The van der Waals surface area contributed by atoms with Gasteiger partial charge in [-0.3, -0.25) is 9.69 Å². The summed E-state index contributed by atoms with van der Waals surface area (Å²) in [6.07, 6.45) is 5.61. The molecule has 1 aliphatic heterocycles. The number of aromatic nitrogens is 4. The van der Waals surface area contributed by atoms with Gasteiger partial charge in [-0.15, -0.1) is 5.10 Å². The molecule has 0 saturated carbocycles. The van der Waals surface area contributed by atoms with Crippen LogP contribution in [0.15, 0.2) is 18.2 Å². The Hall–Kier alpha value is -2.68. The van der Waals surface area contributed by atoms with E-state index in [0.717, 1.165) is 24.5 Å².